The first-order chi connectivity index (χ1) is 7.58. The van der Waals surface area contributed by atoms with Crippen molar-refractivity contribution in [2.45, 2.75) is 6.92 Å². The van der Waals surface area contributed by atoms with Crippen LogP contribution in [-0.2, 0) is 4.79 Å². The highest BCUT2D eigenvalue weighted by Gasteiger charge is 2.08. The van der Waals surface area contributed by atoms with Gasteiger partial charge in [0, 0.05) is 6.07 Å². The standard InChI is InChI=1S/C8H8N4O4/c1-4-9-6(16-3-7(13)14)2-5-10-11-8(15)12(4)5/h2H,3H2,1H3,(H,11,15)(H,13,14). The Morgan fingerprint density at radius 3 is 3.12 bits per heavy atom. The van der Waals surface area contributed by atoms with Crippen molar-refractivity contribution < 1.29 is 14.6 Å². The van der Waals surface area contributed by atoms with E-state index in [9.17, 15) is 9.59 Å². The Kier molecular flexibility index (Phi) is 2.31. The summed E-state index contributed by atoms with van der Waals surface area (Å²) in [6, 6.07) is 1.38. The van der Waals surface area contributed by atoms with Crippen LogP contribution in [0.2, 0.25) is 0 Å². The minimum Gasteiger partial charge on any atom is -0.479 e. The van der Waals surface area contributed by atoms with E-state index in [0.29, 0.717) is 11.5 Å². The number of nitrogens with one attached hydrogen (secondary N) is 1. The number of hydrogen-bond donors (Lipinski definition) is 2. The Balaban J connectivity index is 2.42. The third-order valence-corrected chi connectivity index (χ3v) is 1.89. The van der Waals surface area contributed by atoms with Crippen molar-refractivity contribution in [2.24, 2.45) is 0 Å². The molecule has 0 saturated heterocycles. The highest BCUT2D eigenvalue weighted by atomic mass is 16.5. The molecule has 0 aliphatic carbocycles. The second-order valence-corrected chi connectivity index (χ2v) is 3.05. The van der Waals surface area contributed by atoms with E-state index >= 15 is 0 Å². The van der Waals surface area contributed by atoms with Gasteiger partial charge in [-0.15, -0.1) is 0 Å². The Labute approximate surface area is 88.5 Å². The van der Waals surface area contributed by atoms with E-state index in [1.165, 1.54) is 10.5 Å². The number of carboxylic acids is 1. The Morgan fingerprint density at radius 1 is 1.69 bits per heavy atom. The number of aromatic nitrogens is 4. The molecule has 0 spiro atoms. The van der Waals surface area contributed by atoms with Crippen molar-refractivity contribution in [1.82, 2.24) is 19.6 Å². The van der Waals surface area contributed by atoms with E-state index in [2.05, 4.69) is 15.2 Å². The van der Waals surface area contributed by atoms with Gasteiger partial charge in [0.1, 0.15) is 5.82 Å². The summed E-state index contributed by atoms with van der Waals surface area (Å²) in [7, 11) is 0. The monoisotopic (exact) mass is 224 g/mol. The molecule has 2 rings (SSSR count). The first kappa shape index (κ1) is 10.1. The number of aromatic amines is 1. The molecule has 8 nitrogen and oxygen atoms in total. The third kappa shape index (κ3) is 1.72. The molecule has 84 valence electrons. The molecule has 0 unspecified atom stereocenters. The SMILES string of the molecule is Cc1nc(OCC(=O)O)cc2n[nH]c(=O)n12. The predicted octanol–water partition coefficient (Wildman–Crippen LogP) is -0.811. The van der Waals surface area contributed by atoms with Crippen LogP contribution >= 0.6 is 0 Å². The van der Waals surface area contributed by atoms with Crippen LogP contribution in [0.5, 0.6) is 5.88 Å². The number of aryl methyl sites for hydroxylation is 1. The lowest BCUT2D eigenvalue weighted by Crippen LogP contribution is -2.15. The molecule has 0 atom stereocenters. The maximum atomic E-state index is 11.2. The summed E-state index contributed by atoms with van der Waals surface area (Å²) in [5.41, 5.74) is -0.0670. The van der Waals surface area contributed by atoms with Gasteiger partial charge in [0.25, 0.3) is 0 Å². The molecular weight excluding hydrogens is 216 g/mol. The number of H-pyrrole nitrogens is 1. The molecule has 0 aliphatic rings. The van der Waals surface area contributed by atoms with Gasteiger partial charge in [0.2, 0.25) is 5.88 Å². The lowest BCUT2D eigenvalue weighted by Gasteiger charge is -2.03. The molecule has 0 aliphatic heterocycles. The number of carbonyl (C=O) groups is 1. The highest BCUT2D eigenvalue weighted by molar-refractivity contribution is 5.68. The average molecular weight is 224 g/mol. The zero-order valence-electron chi connectivity index (χ0n) is 8.30. The van der Waals surface area contributed by atoms with Gasteiger partial charge in [-0.2, -0.15) is 10.1 Å². The third-order valence-electron chi connectivity index (χ3n) is 1.89. The number of nitrogens with zero attached hydrogens (tertiary/aromatic N) is 3. The van der Waals surface area contributed by atoms with Gasteiger partial charge in [-0.25, -0.2) is 19.1 Å². The molecule has 2 N–H and O–H groups in total. The normalized spacial score (nSPS) is 10.6. The topological polar surface area (TPSA) is 110 Å². The molecule has 0 aromatic carbocycles. The fraction of sp³-hybridized carbons (Fsp3) is 0.250. The van der Waals surface area contributed by atoms with E-state index < -0.39 is 18.3 Å². The van der Waals surface area contributed by atoms with E-state index in [4.69, 9.17) is 9.84 Å². The van der Waals surface area contributed by atoms with Crippen LogP contribution in [0.3, 0.4) is 0 Å². The zero-order valence-corrected chi connectivity index (χ0v) is 8.30. The van der Waals surface area contributed by atoms with E-state index in [-0.39, 0.29) is 5.88 Å². The van der Waals surface area contributed by atoms with Gasteiger partial charge in [-0.1, -0.05) is 0 Å². The summed E-state index contributed by atoms with van der Waals surface area (Å²) in [6.45, 7) is 1.11. The fourth-order valence-electron chi connectivity index (χ4n) is 1.28. The molecule has 2 aromatic heterocycles. The molecule has 16 heavy (non-hydrogen) atoms. The average Bonchev–Trinajstić information content (AvgIpc) is 2.58. The van der Waals surface area contributed by atoms with Gasteiger partial charge in [0.05, 0.1) is 0 Å². The van der Waals surface area contributed by atoms with Crippen LogP contribution in [0, 0.1) is 6.92 Å². The van der Waals surface area contributed by atoms with Gasteiger partial charge >= 0.3 is 11.7 Å². The van der Waals surface area contributed by atoms with Crippen LogP contribution < -0.4 is 10.4 Å². The molecule has 0 radical (unpaired) electrons. The first-order valence-corrected chi connectivity index (χ1v) is 4.37. The largest absolute Gasteiger partial charge is 0.479 e. The zero-order chi connectivity index (χ0) is 11.7. The number of hydrogen-bond acceptors (Lipinski definition) is 5. The summed E-state index contributed by atoms with van der Waals surface area (Å²) in [5, 5.41) is 14.4. The fourth-order valence-corrected chi connectivity index (χ4v) is 1.28. The molecule has 0 bridgehead atoms. The molecule has 0 amide bonds. The van der Waals surface area contributed by atoms with Gasteiger partial charge in [0.15, 0.2) is 12.3 Å². The summed E-state index contributed by atoms with van der Waals surface area (Å²) >= 11 is 0. The minimum atomic E-state index is -1.10. The highest BCUT2D eigenvalue weighted by Crippen LogP contribution is 2.09. The van der Waals surface area contributed by atoms with Crippen LogP contribution in [0.25, 0.3) is 5.65 Å². The first-order valence-electron chi connectivity index (χ1n) is 4.37. The molecule has 0 fully saturated rings. The van der Waals surface area contributed by atoms with E-state index in [1.54, 1.807) is 6.92 Å². The van der Waals surface area contributed by atoms with Gasteiger partial charge in [-0.3, -0.25) is 0 Å². The van der Waals surface area contributed by atoms with Crippen molar-refractivity contribution in [3.8, 4) is 5.88 Å². The van der Waals surface area contributed by atoms with E-state index in [0.717, 1.165) is 0 Å². The Morgan fingerprint density at radius 2 is 2.44 bits per heavy atom. The molecule has 8 heteroatoms. The molecule has 0 saturated carbocycles. The maximum absolute atomic E-state index is 11.2. The molecule has 2 heterocycles. The summed E-state index contributed by atoms with van der Waals surface area (Å²) in [4.78, 5) is 25.5. The second kappa shape index (κ2) is 3.65. The van der Waals surface area contributed by atoms with Crippen LogP contribution in [0.4, 0.5) is 0 Å². The van der Waals surface area contributed by atoms with Crippen molar-refractivity contribution >= 4 is 11.6 Å². The van der Waals surface area contributed by atoms with Crippen molar-refractivity contribution in [3.63, 3.8) is 0 Å². The number of rotatable bonds is 3. The van der Waals surface area contributed by atoms with Crippen molar-refractivity contribution in [3.05, 3.63) is 22.4 Å². The van der Waals surface area contributed by atoms with Gasteiger partial charge in [-0.05, 0) is 6.92 Å². The lowest BCUT2D eigenvalue weighted by atomic mass is 10.5. The molecular formula is C8H8N4O4. The van der Waals surface area contributed by atoms with E-state index in [1.807, 2.05) is 0 Å². The van der Waals surface area contributed by atoms with Crippen molar-refractivity contribution in [1.29, 1.82) is 0 Å². The molecule has 2 aromatic rings. The van der Waals surface area contributed by atoms with Crippen LogP contribution in [0.15, 0.2) is 10.9 Å². The lowest BCUT2D eigenvalue weighted by molar-refractivity contribution is -0.139. The summed E-state index contributed by atoms with van der Waals surface area (Å²) < 4.78 is 6.14. The summed E-state index contributed by atoms with van der Waals surface area (Å²) in [6.07, 6.45) is 0. The smallest absolute Gasteiger partial charge is 0.349 e. The van der Waals surface area contributed by atoms with Gasteiger partial charge < -0.3 is 9.84 Å². The number of ether oxygens (including phenoxy) is 1. The maximum Gasteiger partial charge on any atom is 0.349 e. The minimum absolute atomic E-state index is 0.117. The Bertz CT molecular complexity index is 600. The van der Waals surface area contributed by atoms with Crippen LogP contribution in [-0.4, -0.2) is 37.3 Å². The number of carboxylic acid groups (broad SMARTS) is 1. The quantitative estimate of drug-likeness (QED) is 0.705. The number of fused-ring (bicyclic) bond motifs is 1. The van der Waals surface area contributed by atoms with Crippen molar-refractivity contribution in [2.75, 3.05) is 6.61 Å². The summed E-state index contributed by atoms with van der Waals surface area (Å²) in [5.74, 6) is -0.609. The Hall–Kier alpha value is -2.38. The predicted molar refractivity (Wildman–Crippen MR) is 51.5 cm³/mol. The number of aliphatic carboxylic acids is 1. The van der Waals surface area contributed by atoms with Crippen LogP contribution in [0.1, 0.15) is 5.82 Å². The second-order valence-electron chi connectivity index (χ2n) is 3.05.